The smallest absolute Gasteiger partial charge is 0.123 e. The zero-order chi connectivity index (χ0) is 13.8. The maximum atomic E-state index is 12.9. The van der Waals surface area contributed by atoms with E-state index in [1.54, 1.807) is 16.8 Å². The predicted molar refractivity (Wildman–Crippen MR) is 70.0 cm³/mol. The van der Waals surface area contributed by atoms with Crippen LogP contribution in [0.4, 0.5) is 4.39 Å². The maximum absolute atomic E-state index is 12.9. The average molecular weight is 263 g/mol. The van der Waals surface area contributed by atoms with Crippen LogP contribution in [-0.2, 0) is 19.6 Å². The Morgan fingerprint density at radius 2 is 1.95 bits per heavy atom. The summed E-state index contributed by atoms with van der Waals surface area (Å²) in [5.41, 5.74) is 2.53. The van der Waals surface area contributed by atoms with Gasteiger partial charge in [-0.2, -0.15) is 0 Å². The number of aromatic nitrogens is 3. The number of rotatable bonds is 5. The fraction of sp³-hybridized carbons (Fsp3) is 0.429. The van der Waals surface area contributed by atoms with Crippen molar-refractivity contribution in [2.24, 2.45) is 5.92 Å². The van der Waals surface area contributed by atoms with Gasteiger partial charge in [-0.05, 0) is 30.0 Å². The SMILES string of the molecule is CC(C)Cc1c(CO)nnn1Cc1ccc(F)cc1. The van der Waals surface area contributed by atoms with Crippen LogP contribution in [0.25, 0.3) is 0 Å². The Labute approximate surface area is 111 Å². The highest BCUT2D eigenvalue weighted by atomic mass is 19.1. The van der Waals surface area contributed by atoms with Crippen molar-refractivity contribution in [2.45, 2.75) is 33.4 Å². The summed E-state index contributed by atoms with van der Waals surface area (Å²) in [4.78, 5) is 0. The summed E-state index contributed by atoms with van der Waals surface area (Å²) in [5, 5.41) is 17.3. The first-order valence-electron chi connectivity index (χ1n) is 6.36. The number of hydrogen-bond donors (Lipinski definition) is 1. The van der Waals surface area contributed by atoms with Gasteiger partial charge in [0.25, 0.3) is 0 Å². The van der Waals surface area contributed by atoms with Crippen molar-refractivity contribution in [1.82, 2.24) is 15.0 Å². The van der Waals surface area contributed by atoms with Crippen molar-refractivity contribution < 1.29 is 9.50 Å². The van der Waals surface area contributed by atoms with Gasteiger partial charge in [0.1, 0.15) is 11.5 Å². The molecule has 0 amide bonds. The molecule has 0 aliphatic heterocycles. The molecule has 0 unspecified atom stereocenters. The molecule has 2 aromatic rings. The summed E-state index contributed by atoms with van der Waals surface area (Å²) in [6, 6.07) is 6.33. The van der Waals surface area contributed by atoms with Gasteiger partial charge in [-0.3, -0.25) is 0 Å². The molecule has 0 spiro atoms. The summed E-state index contributed by atoms with van der Waals surface area (Å²) in [5.74, 6) is 0.205. The van der Waals surface area contributed by atoms with Gasteiger partial charge in [0.2, 0.25) is 0 Å². The fourth-order valence-corrected chi connectivity index (χ4v) is 1.99. The lowest BCUT2D eigenvalue weighted by Crippen LogP contribution is -2.10. The van der Waals surface area contributed by atoms with Gasteiger partial charge in [-0.25, -0.2) is 9.07 Å². The van der Waals surface area contributed by atoms with Crippen LogP contribution in [0.5, 0.6) is 0 Å². The largest absolute Gasteiger partial charge is 0.390 e. The quantitative estimate of drug-likeness (QED) is 0.899. The lowest BCUT2D eigenvalue weighted by Gasteiger charge is -2.09. The molecule has 4 nitrogen and oxygen atoms in total. The van der Waals surface area contributed by atoms with Gasteiger partial charge in [-0.1, -0.05) is 31.2 Å². The van der Waals surface area contributed by atoms with Crippen molar-refractivity contribution >= 4 is 0 Å². The Bertz CT molecular complexity index is 534. The highest BCUT2D eigenvalue weighted by Gasteiger charge is 2.13. The van der Waals surface area contributed by atoms with Crippen molar-refractivity contribution in [2.75, 3.05) is 0 Å². The van der Waals surface area contributed by atoms with Crippen molar-refractivity contribution in [3.8, 4) is 0 Å². The zero-order valence-electron chi connectivity index (χ0n) is 11.2. The number of nitrogens with zero attached hydrogens (tertiary/aromatic N) is 3. The van der Waals surface area contributed by atoms with E-state index in [-0.39, 0.29) is 12.4 Å². The van der Waals surface area contributed by atoms with E-state index in [1.165, 1.54) is 12.1 Å². The Hall–Kier alpha value is -1.75. The molecule has 0 fully saturated rings. The van der Waals surface area contributed by atoms with E-state index >= 15 is 0 Å². The Kier molecular flexibility index (Phi) is 4.27. The zero-order valence-corrected chi connectivity index (χ0v) is 11.2. The van der Waals surface area contributed by atoms with E-state index in [2.05, 4.69) is 24.2 Å². The minimum absolute atomic E-state index is 0.106. The molecule has 0 aliphatic rings. The summed E-state index contributed by atoms with van der Waals surface area (Å²) in [7, 11) is 0. The second-order valence-corrected chi connectivity index (χ2v) is 5.02. The van der Waals surface area contributed by atoms with Crippen LogP contribution in [-0.4, -0.2) is 20.1 Å². The van der Waals surface area contributed by atoms with Crippen LogP contribution >= 0.6 is 0 Å². The number of aliphatic hydroxyl groups is 1. The molecular formula is C14H18FN3O. The molecule has 2 rings (SSSR count). The lowest BCUT2D eigenvalue weighted by atomic mass is 10.1. The number of hydrogen-bond acceptors (Lipinski definition) is 3. The summed E-state index contributed by atoms with van der Waals surface area (Å²) < 4.78 is 14.6. The van der Waals surface area contributed by atoms with Crippen LogP contribution in [0, 0.1) is 11.7 Å². The molecule has 1 aromatic carbocycles. The van der Waals surface area contributed by atoms with Crippen molar-refractivity contribution in [3.05, 3.63) is 47.0 Å². The Morgan fingerprint density at radius 1 is 1.26 bits per heavy atom. The van der Waals surface area contributed by atoms with Crippen LogP contribution < -0.4 is 0 Å². The van der Waals surface area contributed by atoms with Gasteiger partial charge >= 0.3 is 0 Å². The van der Waals surface area contributed by atoms with Crippen molar-refractivity contribution in [3.63, 3.8) is 0 Å². The summed E-state index contributed by atoms with van der Waals surface area (Å²) in [6.45, 7) is 4.65. The third kappa shape index (κ3) is 3.38. The first-order valence-corrected chi connectivity index (χ1v) is 6.36. The van der Waals surface area contributed by atoms with E-state index in [0.717, 1.165) is 17.7 Å². The Morgan fingerprint density at radius 3 is 2.53 bits per heavy atom. The molecule has 1 N–H and O–H groups in total. The molecule has 0 radical (unpaired) electrons. The van der Waals surface area contributed by atoms with Crippen LogP contribution in [0.3, 0.4) is 0 Å². The Balaban J connectivity index is 2.24. The summed E-state index contributed by atoms with van der Waals surface area (Å²) >= 11 is 0. The molecule has 0 atom stereocenters. The van der Waals surface area contributed by atoms with Gasteiger partial charge < -0.3 is 5.11 Å². The van der Waals surface area contributed by atoms with E-state index in [9.17, 15) is 9.50 Å². The van der Waals surface area contributed by atoms with Gasteiger partial charge in [-0.15, -0.1) is 5.10 Å². The molecule has 5 heteroatoms. The molecule has 0 aliphatic carbocycles. The highest BCUT2D eigenvalue weighted by Crippen LogP contribution is 2.14. The fourth-order valence-electron chi connectivity index (χ4n) is 1.99. The molecule has 0 bridgehead atoms. The van der Waals surface area contributed by atoms with Gasteiger partial charge in [0.05, 0.1) is 18.8 Å². The number of benzene rings is 1. The standard InChI is InChI=1S/C14H18FN3O/c1-10(2)7-14-13(9-19)16-17-18(14)8-11-3-5-12(15)6-4-11/h3-6,10,19H,7-9H2,1-2H3. The van der Waals surface area contributed by atoms with Crippen molar-refractivity contribution in [1.29, 1.82) is 0 Å². The molecule has 1 aromatic heterocycles. The maximum Gasteiger partial charge on any atom is 0.123 e. The molecule has 1 heterocycles. The van der Waals surface area contributed by atoms with E-state index in [1.807, 2.05) is 0 Å². The van der Waals surface area contributed by atoms with E-state index < -0.39 is 0 Å². The third-order valence-electron chi connectivity index (χ3n) is 2.92. The molecule has 19 heavy (non-hydrogen) atoms. The van der Waals surface area contributed by atoms with Crippen LogP contribution in [0.2, 0.25) is 0 Å². The second-order valence-electron chi connectivity index (χ2n) is 5.02. The van der Waals surface area contributed by atoms with E-state index in [0.29, 0.717) is 18.2 Å². The lowest BCUT2D eigenvalue weighted by molar-refractivity contribution is 0.275. The first kappa shape index (κ1) is 13.7. The topological polar surface area (TPSA) is 50.9 Å². The third-order valence-corrected chi connectivity index (χ3v) is 2.92. The molecular weight excluding hydrogens is 245 g/mol. The number of aliphatic hydroxyl groups excluding tert-OH is 1. The predicted octanol–water partition coefficient (Wildman–Crippen LogP) is 2.16. The minimum atomic E-state index is -0.249. The van der Waals surface area contributed by atoms with E-state index in [4.69, 9.17) is 0 Å². The molecule has 0 saturated heterocycles. The average Bonchev–Trinajstić information content (AvgIpc) is 2.74. The molecule has 102 valence electrons. The highest BCUT2D eigenvalue weighted by molar-refractivity contribution is 5.18. The number of halogens is 1. The first-order chi connectivity index (χ1) is 9.10. The normalized spacial score (nSPS) is 11.2. The molecule has 0 saturated carbocycles. The van der Waals surface area contributed by atoms with Crippen LogP contribution in [0.1, 0.15) is 30.8 Å². The second kappa shape index (κ2) is 5.93. The summed E-state index contributed by atoms with van der Waals surface area (Å²) in [6.07, 6.45) is 0.810. The van der Waals surface area contributed by atoms with Gasteiger partial charge in [0, 0.05) is 0 Å². The van der Waals surface area contributed by atoms with Crippen LogP contribution in [0.15, 0.2) is 24.3 Å². The monoisotopic (exact) mass is 263 g/mol. The van der Waals surface area contributed by atoms with Gasteiger partial charge in [0.15, 0.2) is 0 Å². The minimum Gasteiger partial charge on any atom is -0.390 e.